The number of thiophene rings is 1. The van der Waals surface area contributed by atoms with Gasteiger partial charge in [0.25, 0.3) is 0 Å². The van der Waals surface area contributed by atoms with E-state index in [4.69, 9.17) is 0 Å². The van der Waals surface area contributed by atoms with Crippen LogP contribution in [0, 0.1) is 6.92 Å². The molecular formula is C16H20ClN3S. The average Bonchev–Trinajstić information content (AvgIpc) is 3.04. The second-order valence-electron chi connectivity index (χ2n) is 6.12. The first-order chi connectivity index (χ1) is 9.75. The first-order valence-electron chi connectivity index (χ1n) is 7.39. The van der Waals surface area contributed by atoms with Crippen molar-refractivity contribution in [2.45, 2.75) is 31.6 Å². The standard InChI is InChI=1S/C16H19N3S.ClH/c1-12-3-5-14(20-12)13-4-6-15(18-17-13)16-7-2-9-19(11-16)10-8-16;/h3-6H,2,7-11H2,1H3;1H. The predicted molar refractivity (Wildman–Crippen MR) is 89.3 cm³/mol. The smallest absolute Gasteiger partial charge is 0.103 e. The molecule has 2 aliphatic heterocycles. The number of halogens is 1. The van der Waals surface area contributed by atoms with Crippen molar-refractivity contribution in [3.8, 4) is 10.6 Å². The number of fused-ring (bicyclic) bond motifs is 2. The molecule has 0 spiro atoms. The van der Waals surface area contributed by atoms with Crippen molar-refractivity contribution >= 4 is 23.7 Å². The largest absolute Gasteiger partial charge is 0.302 e. The minimum absolute atomic E-state index is 0. The molecule has 112 valence electrons. The van der Waals surface area contributed by atoms with Crippen molar-refractivity contribution in [3.05, 3.63) is 34.8 Å². The van der Waals surface area contributed by atoms with E-state index in [0.717, 1.165) is 5.69 Å². The van der Waals surface area contributed by atoms with E-state index in [1.165, 1.54) is 54.3 Å². The van der Waals surface area contributed by atoms with E-state index in [0.29, 0.717) is 0 Å². The summed E-state index contributed by atoms with van der Waals surface area (Å²) in [7, 11) is 0. The summed E-state index contributed by atoms with van der Waals surface area (Å²) in [5, 5.41) is 9.08. The Morgan fingerprint density at radius 3 is 2.71 bits per heavy atom. The van der Waals surface area contributed by atoms with Crippen LogP contribution in [0.3, 0.4) is 0 Å². The van der Waals surface area contributed by atoms with E-state index in [2.05, 4.69) is 46.3 Å². The third-order valence-corrected chi connectivity index (χ3v) is 5.79. The lowest BCUT2D eigenvalue weighted by molar-refractivity contribution is 0.239. The van der Waals surface area contributed by atoms with Crippen LogP contribution in [0.4, 0.5) is 0 Å². The predicted octanol–water partition coefficient (Wildman–Crippen LogP) is 3.67. The molecule has 0 saturated carbocycles. The van der Waals surface area contributed by atoms with Gasteiger partial charge in [0.05, 0.1) is 10.6 Å². The van der Waals surface area contributed by atoms with E-state index < -0.39 is 0 Å². The van der Waals surface area contributed by atoms with Gasteiger partial charge in [0.1, 0.15) is 5.69 Å². The number of rotatable bonds is 2. The highest BCUT2D eigenvalue weighted by atomic mass is 35.5. The minimum Gasteiger partial charge on any atom is -0.302 e. The zero-order chi connectivity index (χ0) is 13.6. The lowest BCUT2D eigenvalue weighted by Gasteiger charge is -2.33. The number of nitrogens with zero attached hydrogens (tertiary/aromatic N) is 3. The van der Waals surface area contributed by atoms with Crippen LogP contribution in [0.1, 0.15) is 29.8 Å². The molecule has 0 radical (unpaired) electrons. The second kappa shape index (κ2) is 5.67. The normalized spacial score (nSPS) is 27.4. The van der Waals surface area contributed by atoms with E-state index in [1.807, 2.05) is 0 Å². The highest BCUT2D eigenvalue weighted by Gasteiger charge is 2.43. The summed E-state index contributed by atoms with van der Waals surface area (Å²) in [6.45, 7) is 5.80. The second-order valence-corrected chi connectivity index (χ2v) is 7.41. The summed E-state index contributed by atoms with van der Waals surface area (Å²) in [6, 6.07) is 8.65. The van der Waals surface area contributed by atoms with Crippen LogP contribution in [-0.4, -0.2) is 34.7 Å². The van der Waals surface area contributed by atoms with Gasteiger partial charge in [-0.05, 0) is 63.5 Å². The maximum absolute atomic E-state index is 4.59. The monoisotopic (exact) mass is 321 g/mol. The van der Waals surface area contributed by atoms with Crippen LogP contribution < -0.4 is 0 Å². The molecule has 0 aliphatic carbocycles. The Bertz CT molecular complexity index is 621. The first-order valence-corrected chi connectivity index (χ1v) is 8.20. The third kappa shape index (κ3) is 2.60. The third-order valence-electron chi connectivity index (χ3n) is 4.76. The van der Waals surface area contributed by atoms with Crippen LogP contribution in [0.5, 0.6) is 0 Å². The van der Waals surface area contributed by atoms with Gasteiger partial charge in [0.15, 0.2) is 0 Å². The van der Waals surface area contributed by atoms with Crippen LogP contribution >= 0.6 is 23.7 Å². The Morgan fingerprint density at radius 2 is 2.00 bits per heavy atom. The summed E-state index contributed by atoms with van der Waals surface area (Å²) in [6.07, 6.45) is 3.82. The summed E-state index contributed by atoms with van der Waals surface area (Å²) in [4.78, 5) is 5.11. The van der Waals surface area contributed by atoms with Crippen molar-refractivity contribution < 1.29 is 0 Å². The molecule has 0 aromatic carbocycles. The van der Waals surface area contributed by atoms with E-state index in [9.17, 15) is 0 Å². The molecule has 21 heavy (non-hydrogen) atoms. The highest BCUT2D eigenvalue weighted by molar-refractivity contribution is 7.15. The first kappa shape index (κ1) is 14.9. The van der Waals surface area contributed by atoms with Crippen molar-refractivity contribution in [3.63, 3.8) is 0 Å². The molecule has 0 amide bonds. The lowest BCUT2D eigenvalue weighted by Crippen LogP contribution is -2.37. The van der Waals surface area contributed by atoms with E-state index in [1.54, 1.807) is 11.3 Å². The molecule has 2 bridgehead atoms. The number of aryl methyl sites for hydroxylation is 1. The number of piperidine rings is 1. The van der Waals surface area contributed by atoms with Gasteiger partial charge < -0.3 is 4.90 Å². The molecule has 2 saturated heterocycles. The Hall–Kier alpha value is -0.970. The molecule has 2 fully saturated rings. The molecule has 2 aliphatic rings. The van der Waals surface area contributed by atoms with Crippen LogP contribution in [0.15, 0.2) is 24.3 Å². The quantitative estimate of drug-likeness (QED) is 0.845. The van der Waals surface area contributed by atoms with Gasteiger partial charge in [-0.15, -0.1) is 28.8 Å². The zero-order valence-corrected chi connectivity index (χ0v) is 13.8. The Labute approximate surface area is 135 Å². The SMILES string of the molecule is Cc1ccc(-c2ccc(C34CCCN(CC3)C4)nn2)s1.Cl. The van der Waals surface area contributed by atoms with Gasteiger partial charge in [-0.25, -0.2) is 0 Å². The van der Waals surface area contributed by atoms with Crippen molar-refractivity contribution in [1.29, 1.82) is 0 Å². The minimum atomic E-state index is 0. The fourth-order valence-corrected chi connectivity index (χ4v) is 4.48. The Balaban J connectivity index is 0.00000132. The highest BCUT2D eigenvalue weighted by Crippen LogP contribution is 2.41. The number of hydrogen-bond acceptors (Lipinski definition) is 4. The van der Waals surface area contributed by atoms with Gasteiger partial charge in [-0.3, -0.25) is 0 Å². The summed E-state index contributed by atoms with van der Waals surface area (Å²) in [5.74, 6) is 0. The molecule has 4 rings (SSSR count). The molecule has 2 aromatic heterocycles. The lowest BCUT2D eigenvalue weighted by atomic mass is 9.78. The van der Waals surface area contributed by atoms with Gasteiger partial charge in [-0.2, -0.15) is 5.10 Å². The molecule has 2 atom stereocenters. The van der Waals surface area contributed by atoms with Crippen molar-refractivity contribution in [2.75, 3.05) is 19.6 Å². The van der Waals surface area contributed by atoms with Gasteiger partial charge in [-0.1, -0.05) is 0 Å². The van der Waals surface area contributed by atoms with Gasteiger partial charge in [0.2, 0.25) is 0 Å². The molecule has 5 heteroatoms. The summed E-state index contributed by atoms with van der Waals surface area (Å²) < 4.78 is 0. The molecule has 3 nitrogen and oxygen atoms in total. The van der Waals surface area contributed by atoms with Gasteiger partial charge >= 0.3 is 0 Å². The van der Waals surface area contributed by atoms with Crippen LogP contribution in [-0.2, 0) is 5.41 Å². The van der Waals surface area contributed by atoms with Gasteiger partial charge in [0, 0.05) is 16.8 Å². The Morgan fingerprint density at radius 1 is 1.10 bits per heavy atom. The number of hydrogen-bond donors (Lipinski definition) is 0. The average molecular weight is 322 g/mol. The summed E-state index contributed by atoms with van der Waals surface area (Å²) >= 11 is 1.78. The van der Waals surface area contributed by atoms with Crippen molar-refractivity contribution in [2.24, 2.45) is 0 Å². The fraction of sp³-hybridized carbons (Fsp3) is 0.500. The molecule has 2 aromatic rings. The summed E-state index contributed by atoms with van der Waals surface area (Å²) in [5.41, 5.74) is 2.50. The van der Waals surface area contributed by atoms with E-state index >= 15 is 0 Å². The molecular weight excluding hydrogens is 302 g/mol. The zero-order valence-electron chi connectivity index (χ0n) is 12.2. The van der Waals surface area contributed by atoms with Crippen molar-refractivity contribution in [1.82, 2.24) is 15.1 Å². The van der Waals surface area contributed by atoms with Crippen LogP contribution in [0.2, 0.25) is 0 Å². The number of aromatic nitrogens is 2. The fourth-order valence-electron chi connectivity index (χ4n) is 3.65. The Kier molecular flexibility index (Phi) is 4.04. The maximum atomic E-state index is 4.59. The van der Waals surface area contributed by atoms with Crippen LogP contribution in [0.25, 0.3) is 10.6 Å². The topological polar surface area (TPSA) is 29.0 Å². The molecule has 2 unspecified atom stereocenters. The maximum Gasteiger partial charge on any atom is 0.103 e. The molecule has 0 N–H and O–H groups in total. The van der Waals surface area contributed by atoms with E-state index in [-0.39, 0.29) is 17.8 Å². The molecule has 4 heterocycles.